The van der Waals surface area contributed by atoms with E-state index in [1.807, 2.05) is 31.2 Å². The molecule has 3 N–H and O–H groups in total. The van der Waals surface area contributed by atoms with Crippen LogP contribution in [0.1, 0.15) is 36.2 Å². The average Bonchev–Trinajstić information content (AvgIpc) is 2.58. The van der Waals surface area contributed by atoms with Gasteiger partial charge in [-0.1, -0.05) is 19.1 Å². The number of amides is 2. The molecule has 0 saturated carbocycles. The fourth-order valence-electron chi connectivity index (χ4n) is 2.13. The predicted molar refractivity (Wildman–Crippen MR) is 94.9 cm³/mol. The molecule has 0 aliphatic carbocycles. The highest BCUT2D eigenvalue weighted by Gasteiger charge is 2.05. The first-order chi connectivity index (χ1) is 11.6. The molecule has 0 aliphatic rings. The van der Waals surface area contributed by atoms with E-state index in [0.29, 0.717) is 24.5 Å². The van der Waals surface area contributed by atoms with Gasteiger partial charge in [0.2, 0.25) is 5.91 Å². The summed E-state index contributed by atoms with van der Waals surface area (Å²) in [6, 6.07) is 11.1. The Kier molecular flexibility index (Phi) is 6.31. The van der Waals surface area contributed by atoms with Crippen molar-refractivity contribution in [1.82, 2.24) is 10.3 Å². The van der Waals surface area contributed by atoms with Gasteiger partial charge in [-0.05, 0) is 36.2 Å². The molecule has 6 heteroatoms. The fourth-order valence-corrected chi connectivity index (χ4v) is 2.13. The number of carbonyl (C=O) groups is 2. The lowest BCUT2D eigenvalue weighted by atomic mass is 10.2. The maximum Gasteiger partial charge on any atom is 0.252 e. The van der Waals surface area contributed by atoms with E-state index in [2.05, 4.69) is 20.9 Å². The van der Waals surface area contributed by atoms with Gasteiger partial charge in [-0.2, -0.15) is 0 Å². The van der Waals surface area contributed by atoms with E-state index in [1.165, 1.54) is 6.92 Å². The molecular weight excluding hydrogens is 304 g/mol. The first-order valence-electron chi connectivity index (χ1n) is 7.93. The quantitative estimate of drug-likeness (QED) is 0.730. The van der Waals surface area contributed by atoms with Crippen LogP contribution >= 0.6 is 0 Å². The fraction of sp³-hybridized carbons (Fsp3) is 0.278. The van der Waals surface area contributed by atoms with E-state index in [4.69, 9.17) is 0 Å². The number of pyridine rings is 1. The lowest BCUT2D eigenvalue weighted by Crippen LogP contribution is -2.24. The number of anilines is 2. The van der Waals surface area contributed by atoms with Crippen LogP contribution in [0.2, 0.25) is 0 Å². The van der Waals surface area contributed by atoms with Crippen molar-refractivity contribution in [2.45, 2.75) is 26.8 Å². The van der Waals surface area contributed by atoms with E-state index < -0.39 is 0 Å². The molecule has 1 heterocycles. The molecule has 0 bridgehead atoms. The topological polar surface area (TPSA) is 83.1 Å². The Bertz CT molecular complexity index is 698. The number of rotatable bonds is 7. The van der Waals surface area contributed by atoms with E-state index in [0.717, 1.165) is 17.7 Å². The van der Waals surface area contributed by atoms with Crippen molar-refractivity contribution < 1.29 is 9.59 Å². The minimum atomic E-state index is -0.112. The Labute approximate surface area is 141 Å². The highest BCUT2D eigenvalue weighted by atomic mass is 16.2. The number of nitrogens with zero attached hydrogens (tertiary/aromatic N) is 1. The van der Waals surface area contributed by atoms with Crippen LogP contribution in [0.25, 0.3) is 0 Å². The highest BCUT2D eigenvalue weighted by Crippen LogP contribution is 2.13. The summed E-state index contributed by atoms with van der Waals surface area (Å²) in [6.45, 7) is 4.71. The second-order valence-corrected chi connectivity index (χ2v) is 5.42. The molecule has 0 spiro atoms. The minimum absolute atomic E-state index is 0.0984. The van der Waals surface area contributed by atoms with Crippen LogP contribution in [0.15, 0.2) is 42.6 Å². The number of nitrogens with one attached hydrogen (secondary N) is 3. The molecule has 0 fully saturated rings. The molecule has 126 valence electrons. The van der Waals surface area contributed by atoms with E-state index in [1.54, 1.807) is 18.3 Å². The summed E-state index contributed by atoms with van der Waals surface area (Å²) < 4.78 is 0. The van der Waals surface area contributed by atoms with Crippen molar-refractivity contribution in [3.63, 3.8) is 0 Å². The molecule has 0 atom stereocenters. The second kappa shape index (κ2) is 8.67. The Morgan fingerprint density at radius 2 is 2.00 bits per heavy atom. The smallest absolute Gasteiger partial charge is 0.252 e. The number of carbonyl (C=O) groups excluding carboxylic acids is 2. The Hall–Kier alpha value is -2.89. The normalized spacial score (nSPS) is 10.1. The third-order valence-electron chi connectivity index (χ3n) is 3.28. The number of benzene rings is 1. The predicted octanol–water partition coefficient (Wildman–Crippen LogP) is 2.79. The van der Waals surface area contributed by atoms with E-state index >= 15 is 0 Å². The molecule has 0 unspecified atom stereocenters. The van der Waals surface area contributed by atoms with Crippen LogP contribution in [-0.4, -0.2) is 23.3 Å². The summed E-state index contributed by atoms with van der Waals surface area (Å²) in [4.78, 5) is 27.2. The summed E-state index contributed by atoms with van der Waals surface area (Å²) in [5, 5.41) is 8.76. The van der Waals surface area contributed by atoms with Crippen molar-refractivity contribution >= 4 is 23.3 Å². The van der Waals surface area contributed by atoms with Crippen LogP contribution in [0, 0.1) is 0 Å². The van der Waals surface area contributed by atoms with Gasteiger partial charge in [0.05, 0.1) is 5.56 Å². The van der Waals surface area contributed by atoms with Gasteiger partial charge in [-0.3, -0.25) is 9.59 Å². The van der Waals surface area contributed by atoms with Gasteiger partial charge >= 0.3 is 0 Å². The third kappa shape index (κ3) is 5.39. The highest BCUT2D eigenvalue weighted by molar-refractivity contribution is 5.94. The molecular formula is C18H22N4O2. The SMILES string of the molecule is CCCNC(=O)c1ccc(NCc2cccc(NC(C)=O)c2)nc1. The monoisotopic (exact) mass is 326 g/mol. The zero-order valence-electron chi connectivity index (χ0n) is 13.9. The maximum absolute atomic E-state index is 11.8. The van der Waals surface area contributed by atoms with Gasteiger partial charge in [0.15, 0.2) is 0 Å². The Morgan fingerprint density at radius 3 is 2.67 bits per heavy atom. The molecule has 6 nitrogen and oxygen atoms in total. The summed E-state index contributed by atoms with van der Waals surface area (Å²) in [5.41, 5.74) is 2.33. The molecule has 1 aromatic heterocycles. The summed E-state index contributed by atoms with van der Waals surface area (Å²) >= 11 is 0. The van der Waals surface area contributed by atoms with Crippen LogP contribution in [0.4, 0.5) is 11.5 Å². The van der Waals surface area contributed by atoms with Gasteiger partial charge in [0.1, 0.15) is 5.82 Å². The van der Waals surface area contributed by atoms with Crippen LogP contribution < -0.4 is 16.0 Å². The molecule has 2 amide bonds. The van der Waals surface area contributed by atoms with E-state index in [9.17, 15) is 9.59 Å². The summed E-state index contributed by atoms with van der Waals surface area (Å²) in [6.07, 6.45) is 2.46. The zero-order chi connectivity index (χ0) is 17.4. The van der Waals surface area contributed by atoms with Crippen molar-refractivity contribution in [3.05, 3.63) is 53.7 Å². The van der Waals surface area contributed by atoms with Crippen molar-refractivity contribution in [2.24, 2.45) is 0 Å². The zero-order valence-corrected chi connectivity index (χ0v) is 13.9. The molecule has 2 rings (SSSR count). The Balaban J connectivity index is 1.92. The van der Waals surface area contributed by atoms with Crippen molar-refractivity contribution in [2.75, 3.05) is 17.2 Å². The number of hydrogen-bond donors (Lipinski definition) is 3. The number of aromatic nitrogens is 1. The molecule has 0 radical (unpaired) electrons. The lowest BCUT2D eigenvalue weighted by Gasteiger charge is -2.09. The molecule has 0 saturated heterocycles. The average molecular weight is 326 g/mol. The van der Waals surface area contributed by atoms with Crippen LogP contribution in [0.3, 0.4) is 0 Å². The van der Waals surface area contributed by atoms with Gasteiger partial charge in [0, 0.05) is 31.9 Å². The maximum atomic E-state index is 11.8. The van der Waals surface area contributed by atoms with Crippen molar-refractivity contribution in [1.29, 1.82) is 0 Å². The molecule has 1 aromatic carbocycles. The van der Waals surface area contributed by atoms with Crippen LogP contribution in [-0.2, 0) is 11.3 Å². The summed E-state index contributed by atoms with van der Waals surface area (Å²) in [7, 11) is 0. The lowest BCUT2D eigenvalue weighted by molar-refractivity contribution is -0.114. The van der Waals surface area contributed by atoms with Gasteiger partial charge in [0.25, 0.3) is 5.91 Å². The van der Waals surface area contributed by atoms with E-state index in [-0.39, 0.29) is 11.8 Å². The summed E-state index contributed by atoms with van der Waals surface area (Å²) in [5.74, 6) is 0.476. The second-order valence-electron chi connectivity index (χ2n) is 5.42. The minimum Gasteiger partial charge on any atom is -0.366 e. The van der Waals surface area contributed by atoms with Crippen molar-refractivity contribution in [3.8, 4) is 0 Å². The van der Waals surface area contributed by atoms with Crippen LogP contribution in [0.5, 0.6) is 0 Å². The first-order valence-corrected chi connectivity index (χ1v) is 7.93. The Morgan fingerprint density at radius 1 is 1.17 bits per heavy atom. The largest absolute Gasteiger partial charge is 0.366 e. The third-order valence-corrected chi connectivity index (χ3v) is 3.28. The standard InChI is InChI=1S/C18H22N4O2/c1-3-9-19-18(24)15-7-8-17(21-12-15)20-11-14-5-4-6-16(10-14)22-13(2)23/h4-8,10,12H,3,9,11H2,1-2H3,(H,19,24)(H,20,21)(H,22,23). The molecule has 24 heavy (non-hydrogen) atoms. The number of hydrogen-bond acceptors (Lipinski definition) is 4. The molecule has 2 aromatic rings. The first kappa shape index (κ1) is 17.5. The van der Waals surface area contributed by atoms with Gasteiger partial charge < -0.3 is 16.0 Å². The molecule has 0 aliphatic heterocycles. The van der Waals surface area contributed by atoms with Gasteiger partial charge in [-0.15, -0.1) is 0 Å². The van der Waals surface area contributed by atoms with Gasteiger partial charge in [-0.25, -0.2) is 4.98 Å².